The van der Waals surface area contributed by atoms with Gasteiger partial charge in [0.1, 0.15) is 0 Å². The minimum absolute atomic E-state index is 0. The predicted molar refractivity (Wildman–Crippen MR) is 56.3 cm³/mol. The van der Waals surface area contributed by atoms with Gasteiger partial charge in [0.15, 0.2) is 5.75 Å². The highest BCUT2D eigenvalue weighted by molar-refractivity contribution is 5.85. The molecule has 0 bridgehead atoms. The minimum Gasteiger partial charge on any atom is -0.504 e. The van der Waals surface area contributed by atoms with Gasteiger partial charge in [0.25, 0.3) is 0 Å². The van der Waals surface area contributed by atoms with Crippen molar-refractivity contribution in [3.8, 4) is 11.5 Å². The van der Waals surface area contributed by atoms with Crippen molar-refractivity contribution in [2.75, 3.05) is 0 Å². The number of aromatic hydroxyl groups is 2. The van der Waals surface area contributed by atoms with Crippen molar-refractivity contribution in [1.82, 2.24) is 0 Å². The van der Waals surface area contributed by atoms with Gasteiger partial charge in [-0.1, -0.05) is 0 Å². The normalized spacial score (nSPS) is 11.6. The second-order valence-electron chi connectivity index (χ2n) is 2.95. The molecular formula is C8H11ClN2O4. The SMILES string of the molecule is C[C@@H](N)c1cc(O)c(O)c([N+](=O)[O-])c1.Cl. The molecule has 15 heavy (non-hydrogen) atoms. The summed E-state index contributed by atoms with van der Waals surface area (Å²) in [6.07, 6.45) is 0. The molecule has 0 aliphatic carbocycles. The van der Waals surface area contributed by atoms with E-state index in [2.05, 4.69) is 0 Å². The molecule has 1 rings (SSSR count). The highest BCUT2D eigenvalue weighted by Crippen LogP contribution is 2.37. The Morgan fingerprint density at radius 2 is 2.00 bits per heavy atom. The quantitative estimate of drug-likeness (QED) is 0.408. The Labute approximate surface area is 91.9 Å². The fraction of sp³-hybridized carbons (Fsp3) is 0.250. The Balaban J connectivity index is 0.00000196. The van der Waals surface area contributed by atoms with E-state index >= 15 is 0 Å². The summed E-state index contributed by atoms with van der Waals surface area (Å²) in [5, 5.41) is 28.8. The minimum atomic E-state index is -0.777. The number of hydrogen-bond donors (Lipinski definition) is 3. The maximum absolute atomic E-state index is 10.4. The first-order valence-corrected chi connectivity index (χ1v) is 3.89. The molecule has 0 spiro atoms. The van der Waals surface area contributed by atoms with Gasteiger partial charge in [0.05, 0.1) is 4.92 Å². The lowest BCUT2D eigenvalue weighted by Crippen LogP contribution is -2.05. The lowest BCUT2D eigenvalue weighted by atomic mass is 10.1. The number of halogens is 1. The van der Waals surface area contributed by atoms with Gasteiger partial charge in [0, 0.05) is 12.1 Å². The van der Waals surface area contributed by atoms with Gasteiger partial charge in [-0.05, 0) is 18.6 Å². The molecule has 0 fully saturated rings. The molecule has 0 aliphatic heterocycles. The van der Waals surface area contributed by atoms with Gasteiger partial charge in [-0.3, -0.25) is 10.1 Å². The summed E-state index contributed by atoms with van der Waals surface area (Å²) in [6, 6.07) is 1.90. The van der Waals surface area contributed by atoms with Gasteiger partial charge in [0.2, 0.25) is 5.75 Å². The third-order valence-corrected chi connectivity index (χ3v) is 1.81. The molecule has 0 heterocycles. The van der Waals surface area contributed by atoms with Crippen LogP contribution in [0.2, 0.25) is 0 Å². The molecule has 0 radical (unpaired) electrons. The molecule has 0 aromatic heterocycles. The number of phenolic OH excluding ortho intramolecular Hbond substituents is 2. The predicted octanol–water partition coefficient (Wildman–Crippen LogP) is 1.45. The lowest BCUT2D eigenvalue weighted by Gasteiger charge is -2.07. The topological polar surface area (TPSA) is 110 Å². The molecule has 1 aromatic rings. The molecular weight excluding hydrogens is 224 g/mol. The molecule has 1 atom stereocenters. The van der Waals surface area contributed by atoms with E-state index in [9.17, 15) is 10.1 Å². The third kappa shape index (κ3) is 2.71. The number of nitrogens with two attached hydrogens (primary N) is 1. The molecule has 6 nitrogen and oxygen atoms in total. The third-order valence-electron chi connectivity index (χ3n) is 1.81. The second kappa shape index (κ2) is 4.81. The van der Waals surface area contributed by atoms with Crippen LogP contribution >= 0.6 is 12.4 Å². The van der Waals surface area contributed by atoms with Crippen molar-refractivity contribution >= 4 is 18.1 Å². The number of hydrogen-bond acceptors (Lipinski definition) is 5. The Hall–Kier alpha value is -1.53. The second-order valence-corrected chi connectivity index (χ2v) is 2.95. The molecule has 84 valence electrons. The lowest BCUT2D eigenvalue weighted by molar-refractivity contribution is -0.386. The summed E-state index contributed by atoms with van der Waals surface area (Å²) in [5.41, 5.74) is 5.34. The van der Waals surface area contributed by atoms with E-state index in [1.165, 1.54) is 6.07 Å². The van der Waals surface area contributed by atoms with Crippen LogP contribution in [0.15, 0.2) is 12.1 Å². The summed E-state index contributed by atoms with van der Waals surface area (Å²) < 4.78 is 0. The van der Waals surface area contributed by atoms with Crippen LogP contribution in [-0.2, 0) is 0 Å². The Kier molecular flexibility index (Phi) is 4.32. The molecule has 0 saturated carbocycles. The Morgan fingerprint density at radius 3 is 2.40 bits per heavy atom. The van der Waals surface area contributed by atoms with E-state index < -0.39 is 28.2 Å². The van der Waals surface area contributed by atoms with Crippen LogP contribution in [0.4, 0.5) is 5.69 Å². The van der Waals surface area contributed by atoms with Crippen LogP contribution < -0.4 is 5.73 Å². The van der Waals surface area contributed by atoms with Crippen LogP contribution in [0, 0.1) is 10.1 Å². The van der Waals surface area contributed by atoms with Crippen molar-refractivity contribution in [2.45, 2.75) is 13.0 Å². The van der Waals surface area contributed by atoms with Crippen molar-refractivity contribution in [3.05, 3.63) is 27.8 Å². The number of benzene rings is 1. The molecule has 0 unspecified atom stereocenters. The molecule has 0 amide bonds. The van der Waals surface area contributed by atoms with Crippen molar-refractivity contribution in [1.29, 1.82) is 0 Å². The first kappa shape index (κ1) is 13.5. The Bertz CT molecular complexity index is 381. The zero-order chi connectivity index (χ0) is 10.9. The first-order valence-electron chi connectivity index (χ1n) is 3.89. The van der Waals surface area contributed by atoms with Crippen molar-refractivity contribution < 1.29 is 15.1 Å². The maximum atomic E-state index is 10.4. The van der Waals surface area contributed by atoms with E-state index in [4.69, 9.17) is 15.9 Å². The maximum Gasteiger partial charge on any atom is 0.314 e. The largest absolute Gasteiger partial charge is 0.504 e. The molecule has 7 heteroatoms. The number of nitro groups is 1. The van der Waals surface area contributed by atoms with Crippen molar-refractivity contribution in [2.24, 2.45) is 5.73 Å². The molecule has 1 aromatic carbocycles. The fourth-order valence-corrected chi connectivity index (χ4v) is 1.03. The van der Waals surface area contributed by atoms with E-state index in [1.807, 2.05) is 0 Å². The van der Waals surface area contributed by atoms with Gasteiger partial charge in [-0.2, -0.15) is 0 Å². The number of nitrogens with zero attached hydrogens (tertiary/aromatic N) is 1. The zero-order valence-electron chi connectivity index (χ0n) is 7.88. The summed E-state index contributed by atoms with van der Waals surface area (Å²) in [6.45, 7) is 1.62. The van der Waals surface area contributed by atoms with E-state index in [0.29, 0.717) is 5.56 Å². The molecule has 0 saturated heterocycles. The highest BCUT2D eigenvalue weighted by atomic mass is 35.5. The number of nitro benzene ring substituents is 1. The number of rotatable bonds is 2. The van der Waals surface area contributed by atoms with Crippen LogP contribution in [0.1, 0.15) is 18.5 Å². The average Bonchev–Trinajstić information content (AvgIpc) is 2.08. The summed E-state index contributed by atoms with van der Waals surface area (Å²) in [7, 11) is 0. The van der Waals surface area contributed by atoms with Crippen LogP contribution in [0.5, 0.6) is 11.5 Å². The van der Waals surface area contributed by atoms with Crippen molar-refractivity contribution in [3.63, 3.8) is 0 Å². The van der Waals surface area contributed by atoms with E-state index in [0.717, 1.165) is 6.07 Å². The average molecular weight is 235 g/mol. The highest BCUT2D eigenvalue weighted by Gasteiger charge is 2.19. The van der Waals surface area contributed by atoms with Gasteiger partial charge in [-0.25, -0.2) is 0 Å². The van der Waals surface area contributed by atoms with E-state index in [-0.39, 0.29) is 12.4 Å². The van der Waals surface area contributed by atoms with Gasteiger partial charge in [-0.15, -0.1) is 12.4 Å². The first-order chi connectivity index (χ1) is 6.43. The smallest absolute Gasteiger partial charge is 0.314 e. The van der Waals surface area contributed by atoms with Crippen LogP contribution in [0.25, 0.3) is 0 Å². The zero-order valence-corrected chi connectivity index (χ0v) is 8.69. The number of phenols is 2. The summed E-state index contributed by atoms with van der Waals surface area (Å²) in [5.74, 6) is -1.27. The van der Waals surface area contributed by atoms with Crippen LogP contribution in [0.3, 0.4) is 0 Å². The summed E-state index contributed by atoms with van der Waals surface area (Å²) >= 11 is 0. The fourth-order valence-electron chi connectivity index (χ4n) is 1.03. The van der Waals surface area contributed by atoms with Gasteiger partial charge < -0.3 is 15.9 Å². The van der Waals surface area contributed by atoms with E-state index in [1.54, 1.807) is 6.92 Å². The summed E-state index contributed by atoms with van der Waals surface area (Å²) in [4.78, 5) is 9.67. The van der Waals surface area contributed by atoms with Gasteiger partial charge >= 0.3 is 5.69 Å². The standard InChI is InChI=1S/C8H10N2O4.ClH/c1-4(9)5-2-6(10(13)14)8(12)7(11)3-5;/h2-4,11-12H,9H2,1H3;1H/t4-;/m1./s1. The Morgan fingerprint density at radius 1 is 1.47 bits per heavy atom. The van der Waals surface area contributed by atoms with Crippen LogP contribution in [-0.4, -0.2) is 15.1 Å². The monoisotopic (exact) mass is 234 g/mol. The molecule has 0 aliphatic rings. The molecule has 4 N–H and O–H groups in total.